The summed E-state index contributed by atoms with van der Waals surface area (Å²) in [6.45, 7) is -0.375. The maximum absolute atomic E-state index is 13.9. The van der Waals surface area contributed by atoms with Crippen molar-refractivity contribution < 1.29 is 27.9 Å². The first-order valence-electron chi connectivity index (χ1n) is 12.4. The van der Waals surface area contributed by atoms with Crippen LogP contribution in [0.2, 0.25) is 0 Å². The summed E-state index contributed by atoms with van der Waals surface area (Å²) in [7, 11) is 1.51. The maximum Gasteiger partial charge on any atom is 0.257 e. The van der Waals surface area contributed by atoms with Crippen molar-refractivity contribution in [2.75, 3.05) is 19.0 Å². The molecule has 192 valence electrons. The Labute approximate surface area is 213 Å². The molecule has 0 spiro atoms. The number of ether oxygens (including phenoxy) is 1. The Kier molecular flexibility index (Phi) is 6.94. The fourth-order valence-corrected chi connectivity index (χ4v) is 5.10. The molecule has 1 unspecified atom stereocenters. The van der Waals surface area contributed by atoms with E-state index in [0.29, 0.717) is 22.6 Å². The summed E-state index contributed by atoms with van der Waals surface area (Å²) in [5, 5.41) is 5.69. The number of halogens is 1. The topological polar surface area (TPSA) is 101 Å². The van der Waals surface area contributed by atoms with E-state index >= 15 is 0 Å². The molecular weight excluding hydrogens is 477 g/mol. The third kappa shape index (κ3) is 5.07. The summed E-state index contributed by atoms with van der Waals surface area (Å²) in [6.07, 6.45) is 6.43. The first-order chi connectivity index (χ1) is 17.9. The van der Waals surface area contributed by atoms with E-state index in [4.69, 9.17) is 9.15 Å². The summed E-state index contributed by atoms with van der Waals surface area (Å²) in [6, 6.07) is 11.2. The highest BCUT2D eigenvalue weighted by molar-refractivity contribution is 6.10. The molecule has 1 atom stereocenters. The highest BCUT2D eigenvalue weighted by Gasteiger charge is 2.37. The lowest BCUT2D eigenvalue weighted by molar-refractivity contribution is -0.127. The van der Waals surface area contributed by atoms with Gasteiger partial charge in [0.05, 0.1) is 30.2 Å². The van der Waals surface area contributed by atoms with E-state index in [0.717, 1.165) is 44.2 Å². The molecule has 2 N–H and O–H groups in total. The molecule has 9 heteroatoms. The van der Waals surface area contributed by atoms with Gasteiger partial charge >= 0.3 is 0 Å². The third-order valence-corrected chi connectivity index (χ3v) is 6.90. The summed E-state index contributed by atoms with van der Waals surface area (Å²) in [4.78, 5) is 41.5. The zero-order chi connectivity index (χ0) is 25.9. The van der Waals surface area contributed by atoms with Gasteiger partial charge in [-0.2, -0.15) is 0 Å². The first-order valence-corrected chi connectivity index (χ1v) is 12.4. The average molecular weight is 506 g/mol. The smallest absolute Gasteiger partial charge is 0.257 e. The van der Waals surface area contributed by atoms with Gasteiger partial charge in [-0.05, 0) is 60.9 Å². The SMILES string of the molecule is COc1cc(C(C(=O)NC2CCCCC2)N2CC(=O)Nc3cc(F)ccc3C2=O)ccc1-c1ccco1. The van der Waals surface area contributed by atoms with Crippen LogP contribution in [0.3, 0.4) is 0 Å². The minimum absolute atomic E-state index is 0.00896. The average Bonchev–Trinajstić information content (AvgIpc) is 3.39. The number of hydrogen-bond donors (Lipinski definition) is 2. The number of furan rings is 1. The number of hydrogen-bond acceptors (Lipinski definition) is 5. The molecule has 2 aliphatic rings. The number of fused-ring (bicyclic) bond motifs is 1. The van der Waals surface area contributed by atoms with E-state index in [9.17, 15) is 18.8 Å². The first kappa shape index (κ1) is 24.5. The quantitative estimate of drug-likeness (QED) is 0.507. The minimum Gasteiger partial charge on any atom is -0.496 e. The summed E-state index contributed by atoms with van der Waals surface area (Å²) >= 11 is 0. The fraction of sp³-hybridized carbons (Fsp3) is 0.321. The standard InChI is InChI=1S/C28H28FN3O5/c1-36-24-14-17(9-11-21(24)23-8-5-13-37-23)26(27(34)30-19-6-3-2-4-7-19)32-16-25(33)31-22-15-18(29)10-12-20(22)28(32)35/h5,8-15,19,26H,2-4,6-7,16H2,1H3,(H,30,34)(H,31,33). The van der Waals surface area contributed by atoms with Crippen molar-refractivity contribution in [3.63, 3.8) is 0 Å². The second kappa shape index (κ2) is 10.5. The van der Waals surface area contributed by atoms with Crippen LogP contribution < -0.4 is 15.4 Å². The van der Waals surface area contributed by atoms with Gasteiger partial charge in [0, 0.05) is 6.04 Å². The van der Waals surface area contributed by atoms with E-state index in [1.54, 1.807) is 36.6 Å². The Morgan fingerprint density at radius 2 is 1.89 bits per heavy atom. The number of nitrogens with one attached hydrogen (secondary N) is 2. The van der Waals surface area contributed by atoms with Crippen LogP contribution in [0.15, 0.2) is 59.2 Å². The summed E-state index contributed by atoms with van der Waals surface area (Å²) < 4.78 is 25.0. The molecule has 1 saturated carbocycles. The predicted molar refractivity (Wildman–Crippen MR) is 135 cm³/mol. The lowest BCUT2D eigenvalue weighted by Gasteiger charge is -2.32. The number of nitrogens with zero attached hydrogens (tertiary/aromatic N) is 1. The molecule has 2 aromatic carbocycles. The Hall–Kier alpha value is -4.14. The Balaban J connectivity index is 1.57. The van der Waals surface area contributed by atoms with Crippen molar-refractivity contribution in [3.8, 4) is 17.1 Å². The van der Waals surface area contributed by atoms with Crippen LogP contribution in [0.25, 0.3) is 11.3 Å². The largest absolute Gasteiger partial charge is 0.496 e. The van der Waals surface area contributed by atoms with E-state index in [2.05, 4.69) is 10.6 Å². The lowest BCUT2D eigenvalue weighted by atomic mass is 9.94. The normalized spacial score (nSPS) is 17.0. The number of methoxy groups -OCH3 is 1. The fourth-order valence-electron chi connectivity index (χ4n) is 5.10. The molecule has 0 radical (unpaired) electrons. The van der Waals surface area contributed by atoms with Crippen LogP contribution >= 0.6 is 0 Å². The van der Waals surface area contributed by atoms with Gasteiger partial charge in [0.15, 0.2) is 0 Å². The molecule has 1 aliphatic heterocycles. The van der Waals surface area contributed by atoms with E-state index in [-0.39, 0.29) is 29.7 Å². The molecule has 3 amide bonds. The summed E-state index contributed by atoms with van der Waals surface area (Å²) in [5.74, 6) is -0.986. The zero-order valence-corrected chi connectivity index (χ0v) is 20.5. The molecule has 1 aliphatic carbocycles. The number of amides is 3. The second-order valence-corrected chi connectivity index (χ2v) is 9.35. The minimum atomic E-state index is -1.12. The van der Waals surface area contributed by atoms with Crippen molar-refractivity contribution in [2.45, 2.75) is 44.2 Å². The molecule has 8 nitrogen and oxygen atoms in total. The van der Waals surface area contributed by atoms with E-state index in [1.165, 1.54) is 18.1 Å². The van der Waals surface area contributed by atoms with Gasteiger partial charge in [-0.1, -0.05) is 25.3 Å². The maximum atomic E-state index is 13.9. The Bertz CT molecular complexity index is 1320. The number of carbonyl (C=O) groups is 3. The highest BCUT2D eigenvalue weighted by atomic mass is 19.1. The van der Waals surface area contributed by atoms with Gasteiger partial charge in [-0.25, -0.2) is 4.39 Å². The molecule has 0 saturated heterocycles. The zero-order valence-electron chi connectivity index (χ0n) is 20.5. The van der Waals surface area contributed by atoms with E-state index < -0.39 is 23.7 Å². The van der Waals surface area contributed by atoms with Gasteiger partial charge in [0.25, 0.3) is 5.91 Å². The van der Waals surface area contributed by atoms with Crippen molar-refractivity contribution in [1.82, 2.24) is 10.2 Å². The van der Waals surface area contributed by atoms with Gasteiger partial charge < -0.3 is 24.7 Å². The van der Waals surface area contributed by atoms with Gasteiger partial charge in [0.2, 0.25) is 11.8 Å². The van der Waals surface area contributed by atoms with Crippen LogP contribution in [0.1, 0.15) is 54.1 Å². The van der Waals surface area contributed by atoms with Crippen LogP contribution in [0.4, 0.5) is 10.1 Å². The molecule has 3 aromatic rings. The van der Waals surface area contributed by atoms with Crippen molar-refractivity contribution >= 4 is 23.4 Å². The number of benzene rings is 2. The lowest BCUT2D eigenvalue weighted by Crippen LogP contribution is -2.48. The number of anilines is 1. The van der Waals surface area contributed by atoms with E-state index in [1.807, 2.05) is 0 Å². The van der Waals surface area contributed by atoms with Gasteiger partial charge in [-0.15, -0.1) is 0 Å². The molecule has 1 fully saturated rings. The van der Waals surface area contributed by atoms with Crippen molar-refractivity contribution in [3.05, 3.63) is 71.7 Å². The molecule has 5 rings (SSSR count). The molecule has 37 heavy (non-hydrogen) atoms. The molecular formula is C28H28FN3O5. The second-order valence-electron chi connectivity index (χ2n) is 9.35. The Morgan fingerprint density at radius 1 is 1.11 bits per heavy atom. The highest BCUT2D eigenvalue weighted by Crippen LogP contribution is 2.36. The van der Waals surface area contributed by atoms with Crippen LogP contribution in [0, 0.1) is 5.82 Å². The van der Waals surface area contributed by atoms with Gasteiger partial charge in [0.1, 0.15) is 29.9 Å². The van der Waals surface area contributed by atoms with Crippen molar-refractivity contribution in [2.24, 2.45) is 0 Å². The third-order valence-electron chi connectivity index (χ3n) is 6.90. The molecule has 1 aromatic heterocycles. The molecule has 0 bridgehead atoms. The monoisotopic (exact) mass is 505 g/mol. The van der Waals surface area contributed by atoms with Crippen LogP contribution in [-0.4, -0.2) is 42.3 Å². The van der Waals surface area contributed by atoms with Crippen molar-refractivity contribution in [1.29, 1.82) is 0 Å². The number of rotatable bonds is 6. The van der Waals surface area contributed by atoms with Crippen LogP contribution in [0.5, 0.6) is 5.75 Å². The Morgan fingerprint density at radius 3 is 2.62 bits per heavy atom. The van der Waals surface area contributed by atoms with Crippen LogP contribution in [-0.2, 0) is 9.59 Å². The molecule has 2 heterocycles. The summed E-state index contributed by atoms with van der Waals surface area (Å²) in [5.41, 5.74) is 1.35. The number of carbonyl (C=O) groups excluding carboxylic acids is 3. The van der Waals surface area contributed by atoms with Gasteiger partial charge in [-0.3, -0.25) is 14.4 Å². The predicted octanol–water partition coefficient (Wildman–Crippen LogP) is 4.68.